The average molecular weight is 334 g/mol. The Morgan fingerprint density at radius 2 is 2.08 bits per heavy atom. The molecule has 0 aliphatic heterocycles. The third kappa shape index (κ3) is 2.35. The van der Waals surface area contributed by atoms with Crippen LogP contribution in [0, 0.1) is 5.92 Å². The van der Waals surface area contributed by atoms with E-state index in [0.29, 0.717) is 5.13 Å². The van der Waals surface area contributed by atoms with Crippen LogP contribution in [0.5, 0.6) is 0 Å². The highest BCUT2D eigenvalue weighted by molar-refractivity contribution is 7.22. The molecule has 1 aliphatic rings. The second-order valence-electron chi connectivity index (χ2n) is 6.10. The zero-order chi connectivity index (χ0) is 16.1. The molecular formula is C18H14N4OS. The van der Waals surface area contributed by atoms with Crippen LogP contribution in [-0.4, -0.2) is 20.9 Å². The van der Waals surface area contributed by atoms with E-state index in [2.05, 4.69) is 32.4 Å². The highest BCUT2D eigenvalue weighted by atomic mass is 32.1. The van der Waals surface area contributed by atoms with Crippen LogP contribution in [-0.2, 0) is 4.79 Å². The lowest BCUT2D eigenvalue weighted by Gasteiger charge is -2.01. The van der Waals surface area contributed by atoms with Gasteiger partial charge in [0.05, 0.1) is 21.3 Å². The maximum Gasteiger partial charge on any atom is 0.229 e. The van der Waals surface area contributed by atoms with Crippen molar-refractivity contribution in [2.45, 2.75) is 12.8 Å². The van der Waals surface area contributed by atoms with Gasteiger partial charge in [-0.25, -0.2) is 4.98 Å². The van der Waals surface area contributed by atoms with Crippen molar-refractivity contribution >= 4 is 43.6 Å². The van der Waals surface area contributed by atoms with E-state index in [1.807, 2.05) is 30.6 Å². The summed E-state index contributed by atoms with van der Waals surface area (Å²) >= 11 is 1.51. The molecule has 0 atom stereocenters. The molecule has 0 radical (unpaired) electrons. The molecule has 1 amide bonds. The first-order valence-corrected chi connectivity index (χ1v) is 8.73. The SMILES string of the molecule is O=C(Nc1nc2ccc(-c3cnc4cc[nH]c4c3)cc2s1)C1CC1. The topological polar surface area (TPSA) is 70.7 Å². The van der Waals surface area contributed by atoms with Crippen LogP contribution in [0.15, 0.2) is 42.7 Å². The van der Waals surface area contributed by atoms with Gasteiger partial charge in [-0.1, -0.05) is 17.4 Å². The number of nitrogens with zero attached hydrogens (tertiary/aromatic N) is 2. The molecule has 2 N–H and O–H groups in total. The van der Waals surface area contributed by atoms with Crippen molar-refractivity contribution in [3.8, 4) is 11.1 Å². The minimum atomic E-state index is 0.0932. The Hall–Kier alpha value is -2.73. The number of aromatic nitrogens is 3. The van der Waals surface area contributed by atoms with Crippen molar-refractivity contribution in [2.24, 2.45) is 5.92 Å². The average Bonchev–Trinajstić information content (AvgIpc) is 3.21. The first-order valence-electron chi connectivity index (χ1n) is 7.91. The Bertz CT molecular complexity index is 1080. The van der Waals surface area contributed by atoms with Crippen LogP contribution < -0.4 is 5.32 Å². The normalized spacial score (nSPS) is 14.3. The lowest BCUT2D eigenvalue weighted by molar-refractivity contribution is -0.117. The quantitative estimate of drug-likeness (QED) is 0.590. The molecule has 6 heteroatoms. The fraction of sp³-hybridized carbons (Fsp3) is 0.167. The molecule has 3 aromatic heterocycles. The standard InChI is InChI=1S/C18H14N4OS/c23-17(10-1-2-10)22-18-21-14-4-3-11(8-16(14)24-18)12-7-15-13(20-9-12)5-6-19-15/h3-10,19H,1-2H2,(H,21,22,23). The summed E-state index contributed by atoms with van der Waals surface area (Å²) in [6.07, 6.45) is 5.76. The number of benzene rings is 1. The van der Waals surface area contributed by atoms with E-state index < -0.39 is 0 Å². The van der Waals surface area contributed by atoms with Crippen LogP contribution in [0.1, 0.15) is 12.8 Å². The number of thiazole rings is 1. The van der Waals surface area contributed by atoms with Gasteiger partial charge in [0.25, 0.3) is 0 Å². The second-order valence-corrected chi connectivity index (χ2v) is 7.13. The maximum absolute atomic E-state index is 11.9. The van der Waals surface area contributed by atoms with E-state index in [1.54, 1.807) is 0 Å². The van der Waals surface area contributed by atoms with Crippen molar-refractivity contribution in [1.29, 1.82) is 0 Å². The molecule has 5 nitrogen and oxygen atoms in total. The summed E-state index contributed by atoms with van der Waals surface area (Å²) in [6, 6.07) is 10.2. The summed E-state index contributed by atoms with van der Waals surface area (Å²) in [6.45, 7) is 0. The summed E-state index contributed by atoms with van der Waals surface area (Å²) in [4.78, 5) is 24.0. The molecule has 0 bridgehead atoms. The molecule has 0 spiro atoms. The first-order chi connectivity index (χ1) is 11.8. The lowest BCUT2D eigenvalue weighted by Crippen LogP contribution is -2.12. The van der Waals surface area contributed by atoms with Crippen molar-refractivity contribution in [2.75, 3.05) is 5.32 Å². The Morgan fingerprint density at radius 3 is 2.96 bits per heavy atom. The van der Waals surface area contributed by atoms with Gasteiger partial charge in [0, 0.05) is 23.9 Å². The van der Waals surface area contributed by atoms with Crippen LogP contribution in [0.3, 0.4) is 0 Å². The van der Waals surface area contributed by atoms with E-state index in [-0.39, 0.29) is 11.8 Å². The highest BCUT2D eigenvalue weighted by Crippen LogP contribution is 2.34. The van der Waals surface area contributed by atoms with Gasteiger partial charge in [-0.3, -0.25) is 9.78 Å². The van der Waals surface area contributed by atoms with Gasteiger partial charge in [-0.05, 0) is 42.7 Å². The van der Waals surface area contributed by atoms with Gasteiger partial charge < -0.3 is 10.3 Å². The second kappa shape index (κ2) is 5.14. The number of amides is 1. The number of fused-ring (bicyclic) bond motifs is 2. The third-order valence-electron chi connectivity index (χ3n) is 4.30. The van der Waals surface area contributed by atoms with Crippen molar-refractivity contribution in [3.63, 3.8) is 0 Å². The Labute approximate surface area is 141 Å². The molecular weight excluding hydrogens is 320 g/mol. The maximum atomic E-state index is 11.9. The molecule has 0 unspecified atom stereocenters. The Balaban J connectivity index is 1.51. The van der Waals surface area contributed by atoms with E-state index in [9.17, 15) is 4.79 Å². The van der Waals surface area contributed by atoms with Crippen molar-refractivity contribution < 1.29 is 4.79 Å². The largest absolute Gasteiger partial charge is 0.360 e. The lowest BCUT2D eigenvalue weighted by atomic mass is 10.1. The number of hydrogen-bond donors (Lipinski definition) is 2. The molecule has 24 heavy (non-hydrogen) atoms. The van der Waals surface area contributed by atoms with Crippen molar-refractivity contribution in [3.05, 3.63) is 42.7 Å². The minimum absolute atomic E-state index is 0.0932. The minimum Gasteiger partial charge on any atom is -0.360 e. The molecule has 1 aromatic carbocycles. The molecule has 1 fully saturated rings. The molecule has 4 aromatic rings. The number of hydrogen-bond acceptors (Lipinski definition) is 4. The number of anilines is 1. The van der Waals surface area contributed by atoms with Crippen molar-refractivity contribution in [1.82, 2.24) is 15.0 Å². The number of carbonyl (C=O) groups is 1. The number of aromatic amines is 1. The fourth-order valence-corrected chi connectivity index (χ4v) is 3.71. The number of nitrogens with one attached hydrogen (secondary N) is 2. The van der Waals surface area contributed by atoms with Gasteiger partial charge in [-0.15, -0.1) is 0 Å². The number of H-pyrrole nitrogens is 1. The Morgan fingerprint density at radius 1 is 1.17 bits per heavy atom. The first kappa shape index (κ1) is 13.7. The zero-order valence-corrected chi connectivity index (χ0v) is 13.6. The summed E-state index contributed by atoms with van der Waals surface area (Å²) < 4.78 is 1.06. The van der Waals surface area contributed by atoms with Crippen LogP contribution in [0.25, 0.3) is 32.4 Å². The van der Waals surface area contributed by atoms with E-state index in [4.69, 9.17) is 0 Å². The van der Waals surface area contributed by atoms with Gasteiger partial charge in [0.15, 0.2) is 5.13 Å². The molecule has 1 saturated carbocycles. The zero-order valence-electron chi connectivity index (χ0n) is 12.7. The van der Waals surface area contributed by atoms with Crippen LogP contribution in [0.4, 0.5) is 5.13 Å². The number of rotatable bonds is 3. The van der Waals surface area contributed by atoms with Gasteiger partial charge in [0.1, 0.15) is 0 Å². The van der Waals surface area contributed by atoms with Gasteiger partial charge in [-0.2, -0.15) is 0 Å². The summed E-state index contributed by atoms with van der Waals surface area (Å²) in [7, 11) is 0. The monoisotopic (exact) mass is 334 g/mol. The smallest absolute Gasteiger partial charge is 0.229 e. The summed E-state index contributed by atoms with van der Waals surface area (Å²) in [5.74, 6) is 0.279. The predicted molar refractivity (Wildman–Crippen MR) is 96.1 cm³/mol. The Kier molecular flexibility index (Phi) is 2.93. The summed E-state index contributed by atoms with van der Waals surface area (Å²) in [5.41, 5.74) is 5.04. The van der Waals surface area contributed by atoms with E-state index >= 15 is 0 Å². The predicted octanol–water partition coefficient (Wildman–Crippen LogP) is 4.19. The highest BCUT2D eigenvalue weighted by Gasteiger charge is 2.30. The van der Waals surface area contributed by atoms with E-state index in [0.717, 1.165) is 45.2 Å². The van der Waals surface area contributed by atoms with Crippen LogP contribution >= 0.6 is 11.3 Å². The number of carbonyl (C=O) groups excluding carboxylic acids is 1. The number of pyridine rings is 1. The third-order valence-corrected chi connectivity index (χ3v) is 5.23. The molecule has 3 heterocycles. The van der Waals surface area contributed by atoms with Gasteiger partial charge in [0.2, 0.25) is 5.91 Å². The van der Waals surface area contributed by atoms with Crippen LogP contribution in [0.2, 0.25) is 0 Å². The molecule has 5 rings (SSSR count). The molecule has 118 valence electrons. The molecule has 0 saturated heterocycles. The fourth-order valence-electron chi connectivity index (χ4n) is 2.80. The summed E-state index contributed by atoms with van der Waals surface area (Å²) in [5, 5.41) is 3.60. The van der Waals surface area contributed by atoms with Gasteiger partial charge >= 0.3 is 0 Å². The van der Waals surface area contributed by atoms with E-state index in [1.165, 1.54) is 11.3 Å². The molecule has 1 aliphatic carbocycles.